The molecule has 0 aliphatic heterocycles. The van der Waals surface area contributed by atoms with Crippen molar-refractivity contribution >= 4 is 0 Å². The average molecular weight is 288 g/mol. The van der Waals surface area contributed by atoms with E-state index in [0.717, 1.165) is 12.1 Å². The lowest BCUT2D eigenvalue weighted by molar-refractivity contribution is 0.207. The molecule has 0 aliphatic carbocycles. The molecule has 0 saturated heterocycles. The number of hydrogen-bond donors (Lipinski definition) is 1. The minimum Gasteiger partial charge on any atom is -0.383 e. The highest BCUT2D eigenvalue weighted by Crippen LogP contribution is 2.29. The Bertz CT molecular complexity index is 667. The summed E-state index contributed by atoms with van der Waals surface area (Å²) in [5.74, 6) is -6.73. The molecule has 0 aliphatic rings. The highest BCUT2D eigenvalue weighted by Gasteiger charge is 2.23. The van der Waals surface area contributed by atoms with E-state index in [2.05, 4.69) is 0 Å². The van der Waals surface area contributed by atoms with Gasteiger partial charge in [-0.1, -0.05) is 6.07 Å². The van der Waals surface area contributed by atoms with Crippen LogP contribution in [0.5, 0.6) is 0 Å². The first-order chi connectivity index (χ1) is 9.32. The number of aliphatic hydroxyl groups is 1. The Morgan fingerprint density at radius 2 is 1.45 bits per heavy atom. The van der Waals surface area contributed by atoms with Gasteiger partial charge in [0.1, 0.15) is 17.7 Å². The van der Waals surface area contributed by atoms with Crippen molar-refractivity contribution in [3.63, 3.8) is 0 Å². The Balaban J connectivity index is 2.55. The van der Waals surface area contributed by atoms with Gasteiger partial charge in [0.05, 0.1) is 0 Å². The normalized spacial score (nSPS) is 12.6. The van der Waals surface area contributed by atoms with Gasteiger partial charge < -0.3 is 5.11 Å². The molecule has 0 heterocycles. The molecule has 1 nitrogen and oxygen atoms in total. The number of halogens is 5. The summed E-state index contributed by atoms with van der Waals surface area (Å²) in [7, 11) is 0. The van der Waals surface area contributed by atoms with Crippen LogP contribution in [0.15, 0.2) is 24.3 Å². The number of rotatable bonds is 2. The third-order valence-corrected chi connectivity index (χ3v) is 2.93. The molecule has 1 N–H and O–H groups in total. The lowest BCUT2D eigenvalue weighted by Crippen LogP contribution is -2.08. The van der Waals surface area contributed by atoms with Crippen molar-refractivity contribution in [3.05, 3.63) is 70.0 Å². The summed E-state index contributed by atoms with van der Waals surface area (Å²) in [4.78, 5) is 0. The van der Waals surface area contributed by atoms with Gasteiger partial charge in [-0.15, -0.1) is 0 Å². The Morgan fingerprint density at radius 3 is 2.10 bits per heavy atom. The monoisotopic (exact) mass is 288 g/mol. The molecular formula is C14H9F5O. The SMILES string of the molecule is Cc1cc(C(O)c2ccc(F)c(F)c2F)c(F)cc1F. The highest BCUT2D eigenvalue weighted by atomic mass is 19.2. The van der Waals surface area contributed by atoms with Gasteiger partial charge in [-0.25, -0.2) is 22.0 Å². The number of aliphatic hydroxyl groups excluding tert-OH is 1. The predicted octanol–water partition coefficient (Wildman–Crippen LogP) is 3.77. The van der Waals surface area contributed by atoms with Crippen LogP contribution in [0, 0.1) is 36.0 Å². The maximum atomic E-state index is 13.6. The van der Waals surface area contributed by atoms with Gasteiger partial charge >= 0.3 is 0 Å². The molecule has 0 radical (unpaired) electrons. The molecule has 2 aromatic carbocycles. The minimum absolute atomic E-state index is 0.0310. The van der Waals surface area contributed by atoms with E-state index in [9.17, 15) is 27.1 Å². The second kappa shape index (κ2) is 5.20. The van der Waals surface area contributed by atoms with Crippen molar-refractivity contribution in [1.82, 2.24) is 0 Å². The van der Waals surface area contributed by atoms with Crippen LogP contribution in [0.25, 0.3) is 0 Å². The van der Waals surface area contributed by atoms with E-state index in [1.165, 1.54) is 6.92 Å². The molecule has 2 rings (SSSR count). The summed E-state index contributed by atoms with van der Waals surface area (Å²) < 4.78 is 66.1. The van der Waals surface area contributed by atoms with Gasteiger partial charge in [-0.3, -0.25) is 0 Å². The van der Waals surface area contributed by atoms with Crippen LogP contribution in [0.3, 0.4) is 0 Å². The van der Waals surface area contributed by atoms with Crippen LogP contribution in [0.1, 0.15) is 22.8 Å². The molecule has 2 aromatic rings. The van der Waals surface area contributed by atoms with E-state index in [1.807, 2.05) is 0 Å². The fraction of sp³-hybridized carbons (Fsp3) is 0.143. The van der Waals surface area contributed by atoms with Crippen LogP contribution >= 0.6 is 0 Å². The molecule has 1 atom stereocenters. The summed E-state index contributed by atoms with van der Waals surface area (Å²) in [6.45, 7) is 1.33. The molecule has 6 heteroatoms. The summed E-state index contributed by atoms with van der Waals surface area (Å²) in [6, 6.07) is 2.93. The van der Waals surface area contributed by atoms with E-state index in [-0.39, 0.29) is 5.56 Å². The lowest BCUT2D eigenvalue weighted by Gasteiger charge is -2.15. The van der Waals surface area contributed by atoms with Gasteiger partial charge in [-0.05, 0) is 24.6 Å². The number of aryl methyl sites for hydroxylation is 1. The molecule has 0 aromatic heterocycles. The average Bonchev–Trinajstić information content (AvgIpc) is 2.40. The van der Waals surface area contributed by atoms with E-state index in [1.54, 1.807) is 0 Å². The van der Waals surface area contributed by atoms with Crippen molar-refractivity contribution in [3.8, 4) is 0 Å². The largest absolute Gasteiger partial charge is 0.383 e. The van der Waals surface area contributed by atoms with Gasteiger partial charge in [-0.2, -0.15) is 0 Å². The van der Waals surface area contributed by atoms with Crippen molar-refractivity contribution in [2.45, 2.75) is 13.0 Å². The molecule has 0 fully saturated rings. The summed E-state index contributed by atoms with van der Waals surface area (Å²) in [5, 5.41) is 9.89. The molecular weight excluding hydrogens is 279 g/mol. The van der Waals surface area contributed by atoms with Crippen LogP contribution < -0.4 is 0 Å². The fourth-order valence-electron chi connectivity index (χ4n) is 1.81. The minimum atomic E-state index is -1.87. The van der Waals surface area contributed by atoms with Crippen LogP contribution in [0.2, 0.25) is 0 Å². The highest BCUT2D eigenvalue weighted by molar-refractivity contribution is 5.35. The first kappa shape index (κ1) is 14.5. The summed E-state index contributed by atoms with van der Waals surface area (Å²) in [5.41, 5.74) is -1.02. The zero-order valence-corrected chi connectivity index (χ0v) is 10.2. The second-order valence-electron chi connectivity index (χ2n) is 4.29. The third-order valence-electron chi connectivity index (χ3n) is 2.93. The Morgan fingerprint density at radius 1 is 0.800 bits per heavy atom. The van der Waals surface area contributed by atoms with Crippen LogP contribution in [-0.4, -0.2) is 5.11 Å². The Hall–Kier alpha value is -1.95. The van der Waals surface area contributed by atoms with E-state index >= 15 is 0 Å². The number of benzene rings is 2. The van der Waals surface area contributed by atoms with Crippen LogP contribution in [0.4, 0.5) is 22.0 Å². The third kappa shape index (κ3) is 2.38. The first-order valence-corrected chi connectivity index (χ1v) is 5.60. The van der Waals surface area contributed by atoms with Crippen molar-refractivity contribution in [1.29, 1.82) is 0 Å². The molecule has 0 amide bonds. The summed E-state index contributed by atoms with van der Waals surface area (Å²) in [6.07, 6.45) is -1.87. The number of hydrogen-bond acceptors (Lipinski definition) is 1. The van der Waals surface area contributed by atoms with E-state index < -0.39 is 46.3 Å². The van der Waals surface area contributed by atoms with Gasteiger partial charge in [0, 0.05) is 17.2 Å². The van der Waals surface area contributed by atoms with Gasteiger partial charge in [0.2, 0.25) is 0 Å². The first-order valence-electron chi connectivity index (χ1n) is 5.60. The maximum absolute atomic E-state index is 13.6. The zero-order valence-electron chi connectivity index (χ0n) is 10.2. The van der Waals surface area contributed by atoms with Gasteiger partial charge in [0.15, 0.2) is 17.5 Å². The zero-order chi connectivity index (χ0) is 15.0. The molecule has 0 spiro atoms. The molecule has 1 unspecified atom stereocenters. The van der Waals surface area contributed by atoms with Crippen molar-refractivity contribution < 1.29 is 27.1 Å². The van der Waals surface area contributed by atoms with E-state index in [0.29, 0.717) is 12.1 Å². The second-order valence-corrected chi connectivity index (χ2v) is 4.29. The Labute approximate surface area is 111 Å². The quantitative estimate of drug-likeness (QED) is 0.659. The Kier molecular flexibility index (Phi) is 3.76. The molecule has 0 saturated carbocycles. The fourth-order valence-corrected chi connectivity index (χ4v) is 1.81. The maximum Gasteiger partial charge on any atom is 0.194 e. The van der Waals surface area contributed by atoms with Gasteiger partial charge in [0.25, 0.3) is 0 Å². The van der Waals surface area contributed by atoms with Crippen molar-refractivity contribution in [2.75, 3.05) is 0 Å². The molecule has 106 valence electrons. The van der Waals surface area contributed by atoms with Crippen molar-refractivity contribution in [2.24, 2.45) is 0 Å². The smallest absolute Gasteiger partial charge is 0.194 e. The topological polar surface area (TPSA) is 20.2 Å². The standard InChI is InChI=1S/C14H9F5O/c1-6-4-8(11(17)5-10(6)16)14(20)7-2-3-9(15)13(19)12(7)18/h2-5,14,20H,1H3. The lowest BCUT2D eigenvalue weighted by atomic mass is 9.98. The van der Waals surface area contributed by atoms with Crippen LogP contribution in [-0.2, 0) is 0 Å². The molecule has 0 bridgehead atoms. The molecule has 20 heavy (non-hydrogen) atoms. The predicted molar refractivity (Wildman–Crippen MR) is 61.5 cm³/mol. The summed E-state index contributed by atoms with van der Waals surface area (Å²) >= 11 is 0. The van der Waals surface area contributed by atoms with E-state index in [4.69, 9.17) is 0 Å².